The molecule has 4 rings (SSSR count). The number of hydrogen-bond donors (Lipinski definition) is 1. The van der Waals surface area contributed by atoms with Gasteiger partial charge in [0, 0.05) is 37.6 Å². The number of imidazole rings is 1. The van der Waals surface area contributed by atoms with Crippen LogP contribution in [0, 0.1) is 11.8 Å². The van der Waals surface area contributed by atoms with Crippen LogP contribution in [-0.2, 0) is 11.2 Å². The van der Waals surface area contributed by atoms with Crippen LogP contribution in [0.1, 0.15) is 44.2 Å². The van der Waals surface area contributed by atoms with E-state index >= 15 is 0 Å². The summed E-state index contributed by atoms with van der Waals surface area (Å²) in [6.07, 6.45) is 14.8. The largest absolute Gasteiger partial charge is 0.343 e. The van der Waals surface area contributed by atoms with E-state index in [1.165, 1.54) is 12.8 Å². The van der Waals surface area contributed by atoms with Crippen LogP contribution in [0.4, 0.5) is 0 Å². The molecule has 0 spiro atoms. The van der Waals surface area contributed by atoms with Crippen LogP contribution in [0.2, 0.25) is 0 Å². The first-order chi connectivity index (χ1) is 12.3. The summed E-state index contributed by atoms with van der Waals surface area (Å²) in [4.78, 5) is 31.1. The minimum absolute atomic E-state index is 0.279. The number of aromatic amines is 1. The molecular weight excluding hydrogens is 314 g/mol. The number of hydrogen-bond acceptors (Lipinski definition) is 4. The van der Waals surface area contributed by atoms with Gasteiger partial charge in [0.05, 0.1) is 11.9 Å². The Morgan fingerprint density at radius 2 is 2.08 bits per heavy atom. The highest BCUT2D eigenvalue weighted by Gasteiger charge is 2.30. The van der Waals surface area contributed by atoms with E-state index in [1.54, 1.807) is 18.6 Å². The zero-order valence-corrected chi connectivity index (χ0v) is 14.5. The summed E-state index contributed by atoms with van der Waals surface area (Å²) in [6, 6.07) is 0. The van der Waals surface area contributed by atoms with Gasteiger partial charge in [0.2, 0.25) is 5.91 Å². The van der Waals surface area contributed by atoms with Crippen molar-refractivity contribution in [3.63, 3.8) is 0 Å². The van der Waals surface area contributed by atoms with E-state index in [4.69, 9.17) is 4.98 Å². The number of rotatable bonds is 4. The highest BCUT2D eigenvalue weighted by molar-refractivity contribution is 5.79. The average Bonchev–Trinajstić information content (AvgIpc) is 3.35. The van der Waals surface area contributed by atoms with E-state index in [0.717, 1.165) is 62.4 Å². The lowest BCUT2D eigenvalue weighted by Gasteiger charge is -2.34. The van der Waals surface area contributed by atoms with Crippen molar-refractivity contribution in [2.45, 2.75) is 44.9 Å². The van der Waals surface area contributed by atoms with Gasteiger partial charge in [-0.05, 0) is 38.0 Å². The van der Waals surface area contributed by atoms with Crippen LogP contribution in [0.15, 0.2) is 24.8 Å². The average molecular weight is 339 g/mol. The van der Waals surface area contributed by atoms with Gasteiger partial charge in [-0.1, -0.05) is 12.8 Å². The Bertz CT molecular complexity index is 708. The molecule has 1 atom stereocenters. The zero-order chi connectivity index (χ0) is 17.1. The highest BCUT2D eigenvalue weighted by Crippen LogP contribution is 2.29. The minimum atomic E-state index is 0.279. The van der Waals surface area contributed by atoms with Crippen molar-refractivity contribution in [2.75, 3.05) is 13.1 Å². The van der Waals surface area contributed by atoms with Gasteiger partial charge in [-0.25, -0.2) is 9.97 Å². The van der Waals surface area contributed by atoms with Gasteiger partial charge in [-0.3, -0.25) is 9.78 Å². The molecule has 2 aromatic rings. The molecule has 1 aliphatic heterocycles. The normalized spacial score (nSPS) is 21.6. The molecule has 0 radical (unpaired) electrons. The van der Waals surface area contributed by atoms with E-state index < -0.39 is 0 Å². The summed E-state index contributed by atoms with van der Waals surface area (Å²) < 4.78 is 0. The van der Waals surface area contributed by atoms with Gasteiger partial charge in [0.1, 0.15) is 5.69 Å². The molecule has 6 nitrogen and oxygen atoms in total. The predicted molar refractivity (Wildman–Crippen MR) is 94.6 cm³/mol. The van der Waals surface area contributed by atoms with Crippen LogP contribution in [0.5, 0.6) is 0 Å². The molecule has 0 aromatic carbocycles. The lowest BCUT2D eigenvalue weighted by atomic mass is 9.92. The predicted octanol–water partition coefficient (Wildman–Crippen LogP) is 2.84. The van der Waals surface area contributed by atoms with Gasteiger partial charge in [-0.15, -0.1) is 0 Å². The fourth-order valence-electron chi connectivity index (χ4n) is 4.18. The fraction of sp³-hybridized carbons (Fsp3) is 0.579. The maximum atomic E-state index is 12.7. The molecule has 1 aliphatic carbocycles. The van der Waals surface area contributed by atoms with Crippen molar-refractivity contribution in [3.05, 3.63) is 30.5 Å². The number of likely N-dealkylation sites (tertiary alicyclic amines) is 1. The Morgan fingerprint density at radius 1 is 1.20 bits per heavy atom. The number of aromatic nitrogens is 4. The number of amides is 1. The Labute approximate surface area is 148 Å². The Hall–Kier alpha value is -2.24. The molecule has 6 heteroatoms. The monoisotopic (exact) mass is 339 g/mol. The first-order valence-electron chi connectivity index (χ1n) is 9.39. The standard InChI is InChI=1S/C19H25N5O/c25-19(15-5-1-2-6-15)24-9-3-4-14(13-24)10-16-11-20-12-17(23-16)18-21-7-8-22-18/h7-8,11-12,14-15H,1-6,9-10,13H2,(H,21,22). The molecular formula is C19H25N5O. The van der Waals surface area contributed by atoms with E-state index in [-0.39, 0.29) is 5.92 Å². The summed E-state index contributed by atoms with van der Waals surface area (Å²) in [7, 11) is 0. The Morgan fingerprint density at radius 3 is 2.88 bits per heavy atom. The van der Waals surface area contributed by atoms with E-state index in [9.17, 15) is 4.79 Å². The van der Waals surface area contributed by atoms with Crippen molar-refractivity contribution >= 4 is 5.91 Å². The lowest BCUT2D eigenvalue weighted by molar-refractivity contribution is -0.137. The number of carbonyl (C=O) groups excluding carboxylic acids is 1. The van der Waals surface area contributed by atoms with Crippen LogP contribution >= 0.6 is 0 Å². The van der Waals surface area contributed by atoms with Crippen molar-refractivity contribution in [3.8, 4) is 11.5 Å². The third kappa shape index (κ3) is 3.72. The third-order valence-corrected chi connectivity index (χ3v) is 5.46. The second-order valence-corrected chi connectivity index (χ2v) is 7.31. The van der Waals surface area contributed by atoms with Crippen molar-refractivity contribution in [2.24, 2.45) is 11.8 Å². The quantitative estimate of drug-likeness (QED) is 0.929. The summed E-state index contributed by atoms with van der Waals surface area (Å²) in [5.41, 5.74) is 1.76. The smallest absolute Gasteiger partial charge is 0.225 e. The van der Waals surface area contributed by atoms with Crippen LogP contribution < -0.4 is 0 Å². The van der Waals surface area contributed by atoms with Crippen molar-refractivity contribution < 1.29 is 4.79 Å². The van der Waals surface area contributed by atoms with E-state index in [0.29, 0.717) is 11.8 Å². The number of carbonyl (C=O) groups is 1. The molecule has 1 unspecified atom stereocenters. The molecule has 1 saturated carbocycles. The second kappa shape index (κ2) is 7.33. The number of H-pyrrole nitrogens is 1. The Kier molecular flexibility index (Phi) is 4.76. The molecule has 2 aromatic heterocycles. The fourth-order valence-corrected chi connectivity index (χ4v) is 4.18. The van der Waals surface area contributed by atoms with E-state index in [2.05, 4.69) is 19.9 Å². The zero-order valence-electron chi connectivity index (χ0n) is 14.5. The molecule has 0 bridgehead atoms. The number of nitrogens with zero attached hydrogens (tertiary/aromatic N) is 4. The minimum Gasteiger partial charge on any atom is -0.343 e. The van der Waals surface area contributed by atoms with E-state index in [1.807, 2.05) is 6.20 Å². The van der Waals surface area contributed by atoms with Crippen LogP contribution in [-0.4, -0.2) is 43.8 Å². The SMILES string of the molecule is O=C(C1CCCC1)N1CCCC(Cc2cncc(-c3ncc[nH]3)n2)C1. The number of piperidine rings is 1. The van der Waals surface area contributed by atoms with Crippen molar-refractivity contribution in [1.82, 2.24) is 24.8 Å². The van der Waals surface area contributed by atoms with Crippen LogP contribution in [0.25, 0.3) is 11.5 Å². The van der Waals surface area contributed by atoms with Gasteiger partial charge < -0.3 is 9.88 Å². The topological polar surface area (TPSA) is 74.8 Å². The molecule has 2 fully saturated rings. The lowest BCUT2D eigenvalue weighted by Crippen LogP contribution is -2.43. The molecule has 3 heterocycles. The van der Waals surface area contributed by atoms with Gasteiger partial charge in [-0.2, -0.15) is 0 Å². The molecule has 132 valence electrons. The van der Waals surface area contributed by atoms with Gasteiger partial charge in [0.15, 0.2) is 5.82 Å². The molecule has 2 aliphatic rings. The third-order valence-electron chi connectivity index (χ3n) is 5.46. The van der Waals surface area contributed by atoms with Crippen LogP contribution in [0.3, 0.4) is 0 Å². The molecule has 1 amide bonds. The second-order valence-electron chi connectivity index (χ2n) is 7.31. The molecule has 25 heavy (non-hydrogen) atoms. The summed E-state index contributed by atoms with van der Waals surface area (Å²) in [5, 5.41) is 0. The van der Waals surface area contributed by atoms with Crippen molar-refractivity contribution in [1.29, 1.82) is 0 Å². The number of nitrogens with one attached hydrogen (secondary N) is 1. The molecule has 1 saturated heterocycles. The van der Waals surface area contributed by atoms with Gasteiger partial charge >= 0.3 is 0 Å². The Balaban J connectivity index is 1.40. The summed E-state index contributed by atoms with van der Waals surface area (Å²) in [5.74, 6) is 1.88. The first-order valence-corrected chi connectivity index (χ1v) is 9.39. The first kappa shape index (κ1) is 16.2. The maximum absolute atomic E-state index is 12.7. The molecule has 1 N–H and O–H groups in total. The van der Waals surface area contributed by atoms with Gasteiger partial charge in [0.25, 0.3) is 0 Å². The highest BCUT2D eigenvalue weighted by atomic mass is 16.2. The summed E-state index contributed by atoms with van der Waals surface area (Å²) in [6.45, 7) is 1.78. The summed E-state index contributed by atoms with van der Waals surface area (Å²) >= 11 is 0. The maximum Gasteiger partial charge on any atom is 0.225 e.